The number of hydrogen-bond acceptors (Lipinski definition) is 4. The summed E-state index contributed by atoms with van der Waals surface area (Å²) in [6.07, 6.45) is 1.19. The third-order valence-corrected chi connectivity index (χ3v) is 3.76. The predicted molar refractivity (Wildman–Crippen MR) is 72.9 cm³/mol. The van der Waals surface area contributed by atoms with E-state index in [4.69, 9.17) is 11.6 Å². The summed E-state index contributed by atoms with van der Waals surface area (Å²) in [6, 6.07) is 5.22. The van der Waals surface area contributed by atoms with Crippen LogP contribution in [-0.2, 0) is 16.1 Å². The van der Waals surface area contributed by atoms with Crippen molar-refractivity contribution >= 4 is 17.6 Å². The third kappa shape index (κ3) is 3.47. The Morgan fingerprint density at radius 2 is 2.16 bits per heavy atom. The predicted octanol–water partition coefficient (Wildman–Crippen LogP) is 2.14. The Balaban J connectivity index is 2.10. The molecular weight excluding hydrogens is 266 g/mol. The molecule has 1 fully saturated rings. The normalized spacial score (nSPS) is 17.4. The first-order chi connectivity index (χ1) is 9.11. The van der Waals surface area contributed by atoms with Crippen LogP contribution in [-0.4, -0.2) is 36.2 Å². The first kappa shape index (κ1) is 14.3. The summed E-state index contributed by atoms with van der Waals surface area (Å²) in [5.41, 5.74) is 1.48. The van der Waals surface area contributed by atoms with Crippen LogP contribution in [0, 0.1) is 0 Å². The zero-order valence-corrected chi connectivity index (χ0v) is 11.7. The molecule has 0 aliphatic carbocycles. The maximum atomic E-state index is 11.3. The molecule has 19 heavy (non-hydrogen) atoms. The monoisotopic (exact) mass is 283 g/mol. The molecule has 1 aromatic carbocycles. The number of methoxy groups -OCH3 is 1. The lowest BCUT2D eigenvalue weighted by molar-refractivity contribution is -0.150. The molecule has 0 amide bonds. The summed E-state index contributed by atoms with van der Waals surface area (Å²) in [7, 11) is 1.24. The molecule has 1 heterocycles. The first-order valence-electron chi connectivity index (χ1n) is 6.38. The molecule has 0 radical (unpaired) electrons. The minimum atomic E-state index is -1.27. The van der Waals surface area contributed by atoms with Gasteiger partial charge in [0.05, 0.1) is 7.11 Å². The fraction of sp³-hybridized carbons (Fsp3) is 0.500. The van der Waals surface area contributed by atoms with Gasteiger partial charge in [-0.2, -0.15) is 0 Å². The van der Waals surface area contributed by atoms with Crippen LogP contribution >= 0.6 is 11.6 Å². The summed E-state index contributed by atoms with van der Waals surface area (Å²) >= 11 is 6.21. The van der Waals surface area contributed by atoms with Gasteiger partial charge in [-0.3, -0.25) is 4.90 Å². The van der Waals surface area contributed by atoms with Crippen molar-refractivity contribution in [1.82, 2.24) is 4.90 Å². The van der Waals surface area contributed by atoms with Crippen LogP contribution in [0.15, 0.2) is 18.2 Å². The highest BCUT2D eigenvalue weighted by Crippen LogP contribution is 2.25. The van der Waals surface area contributed by atoms with E-state index < -0.39 is 12.1 Å². The highest BCUT2D eigenvalue weighted by atomic mass is 35.5. The summed E-state index contributed by atoms with van der Waals surface area (Å²) in [5.74, 6) is -0.677. The lowest BCUT2D eigenvalue weighted by Gasteiger charge is -2.16. The van der Waals surface area contributed by atoms with Gasteiger partial charge in [-0.1, -0.05) is 23.7 Å². The van der Waals surface area contributed by atoms with Gasteiger partial charge in [-0.15, -0.1) is 0 Å². The van der Waals surface area contributed by atoms with Crippen LogP contribution in [0.4, 0.5) is 0 Å². The summed E-state index contributed by atoms with van der Waals surface area (Å²) in [4.78, 5) is 13.6. The molecule has 0 saturated carbocycles. The van der Waals surface area contributed by atoms with E-state index in [-0.39, 0.29) is 0 Å². The topological polar surface area (TPSA) is 49.8 Å². The Labute approximate surface area is 117 Å². The minimum absolute atomic E-state index is 0.460. The summed E-state index contributed by atoms with van der Waals surface area (Å²) in [5, 5.41) is 10.3. The Hall–Kier alpha value is -1.10. The molecule has 1 N–H and O–H groups in total. The molecular formula is C14H18ClNO3. The number of halogens is 1. The SMILES string of the molecule is COC(=O)C(O)c1ccc(CN2CCCC2)c(Cl)c1. The van der Waals surface area contributed by atoms with Crippen molar-refractivity contribution < 1.29 is 14.6 Å². The number of rotatable bonds is 4. The molecule has 1 saturated heterocycles. The molecule has 104 valence electrons. The van der Waals surface area contributed by atoms with Gasteiger partial charge in [0, 0.05) is 11.6 Å². The van der Waals surface area contributed by atoms with E-state index in [1.807, 2.05) is 6.07 Å². The van der Waals surface area contributed by atoms with Crippen molar-refractivity contribution in [3.8, 4) is 0 Å². The number of nitrogens with zero attached hydrogens (tertiary/aromatic N) is 1. The molecule has 1 aromatic rings. The minimum Gasteiger partial charge on any atom is -0.467 e. The second-order valence-corrected chi connectivity index (χ2v) is 5.17. The van der Waals surface area contributed by atoms with E-state index in [1.54, 1.807) is 12.1 Å². The zero-order chi connectivity index (χ0) is 13.8. The molecule has 2 rings (SSSR count). The van der Waals surface area contributed by atoms with Crippen molar-refractivity contribution in [2.75, 3.05) is 20.2 Å². The molecule has 4 nitrogen and oxygen atoms in total. The molecule has 1 atom stereocenters. The number of aliphatic hydroxyl groups excluding tert-OH is 1. The Morgan fingerprint density at radius 3 is 2.74 bits per heavy atom. The van der Waals surface area contributed by atoms with Crippen LogP contribution < -0.4 is 0 Å². The van der Waals surface area contributed by atoms with Crippen LogP contribution in [0.3, 0.4) is 0 Å². The number of aliphatic hydroxyl groups is 1. The number of carbonyl (C=O) groups is 1. The maximum Gasteiger partial charge on any atom is 0.339 e. The highest BCUT2D eigenvalue weighted by molar-refractivity contribution is 6.31. The fourth-order valence-electron chi connectivity index (χ4n) is 2.29. The van der Waals surface area contributed by atoms with E-state index >= 15 is 0 Å². The zero-order valence-electron chi connectivity index (χ0n) is 10.9. The Kier molecular flexibility index (Phi) is 4.80. The summed E-state index contributed by atoms with van der Waals surface area (Å²) < 4.78 is 4.50. The van der Waals surface area contributed by atoms with Crippen molar-refractivity contribution in [2.24, 2.45) is 0 Å². The van der Waals surface area contributed by atoms with Gasteiger partial charge in [0.15, 0.2) is 6.10 Å². The number of ether oxygens (including phenoxy) is 1. The van der Waals surface area contributed by atoms with Gasteiger partial charge in [0.1, 0.15) is 0 Å². The van der Waals surface area contributed by atoms with Crippen molar-refractivity contribution in [3.63, 3.8) is 0 Å². The van der Waals surface area contributed by atoms with Gasteiger partial charge >= 0.3 is 5.97 Å². The van der Waals surface area contributed by atoms with Crippen molar-refractivity contribution in [3.05, 3.63) is 34.3 Å². The largest absolute Gasteiger partial charge is 0.467 e. The lowest BCUT2D eigenvalue weighted by Crippen LogP contribution is -2.19. The van der Waals surface area contributed by atoms with Crippen LogP contribution in [0.2, 0.25) is 5.02 Å². The fourth-order valence-corrected chi connectivity index (χ4v) is 2.54. The number of esters is 1. The van der Waals surface area contributed by atoms with Gasteiger partial charge in [-0.25, -0.2) is 4.79 Å². The van der Waals surface area contributed by atoms with Crippen molar-refractivity contribution in [2.45, 2.75) is 25.5 Å². The molecule has 1 aliphatic rings. The van der Waals surface area contributed by atoms with E-state index in [9.17, 15) is 9.90 Å². The number of carbonyl (C=O) groups excluding carboxylic acids is 1. The third-order valence-electron chi connectivity index (χ3n) is 3.41. The second kappa shape index (κ2) is 6.37. The van der Waals surface area contributed by atoms with Crippen LogP contribution in [0.25, 0.3) is 0 Å². The summed E-state index contributed by atoms with van der Waals surface area (Å²) in [6.45, 7) is 3.01. The quantitative estimate of drug-likeness (QED) is 0.860. The van der Waals surface area contributed by atoms with Crippen LogP contribution in [0.5, 0.6) is 0 Å². The van der Waals surface area contributed by atoms with Gasteiger partial charge < -0.3 is 9.84 Å². The van der Waals surface area contributed by atoms with E-state index in [2.05, 4.69) is 9.64 Å². The first-order valence-corrected chi connectivity index (χ1v) is 6.76. The molecule has 1 unspecified atom stereocenters. The number of hydrogen-bond donors (Lipinski definition) is 1. The van der Waals surface area contributed by atoms with Crippen molar-refractivity contribution in [1.29, 1.82) is 0 Å². The Bertz CT molecular complexity index is 458. The van der Waals surface area contributed by atoms with E-state index in [0.29, 0.717) is 10.6 Å². The number of likely N-dealkylation sites (tertiary alicyclic amines) is 1. The number of benzene rings is 1. The van der Waals surface area contributed by atoms with Gasteiger partial charge in [0.25, 0.3) is 0 Å². The molecule has 1 aliphatic heterocycles. The van der Waals surface area contributed by atoms with E-state index in [1.165, 1.54) is 20.0 Å². The molecule has 0 bridgehead atoms. The average molecular weight is 284 g/mol. The average Bonchev–Trinajstić information content (AvgIpc) is 2.92. The molecule has 0 spiro atoms. The lowest BCUT2D eigenvalue weighted by atomic mass is 10.1. The van der Waals surface area contributed by atoms with E-state index in [0.717, 1.165) is 25.2 Å². The molecule has 5 heteroatoms. The Morgan fingerprint density at radius 1 is 1.47 bits per heavy atom. The van der Waals surface area contributed by atoms with Gasteiger partial charge in [0.2, 0.25) is 0 Å². The smallest absolute Gasteiger partial charge is 0.339 e. The van der Waals surface area contributed by atoms with Crippen LogP contribution in [0.1, 0.15) is 30.1 Å². The second-order valence-electron chi connectivity index (χ2n) is 4.76. The highest BCUT2D eigenvalue weighted by Gasteiger charge is 2.19. The standard InChI is InChI=1S/C14H18ClNO3/c1-19-14(18)13(17)10-4-5-11(12(15)8-10)9-16-6-2-3-7-16/h4-5,8,13,17H,2-3,6-7,9H2,1H3. The molecule has 0 aromatic heterocycles. The van der Waals surface area contributed by atoms with Gasteiger partial charge in [-0.05, 0) is 43.1 Å². The maximum absolute atomic E-state index is 11.3.